The zero-order valence-electron chi connectivity index (χ0n) is 6.74. The van der Waals surface area contributed by atoms with Crippen LogP contribution in [-0.2, 0) is 14.4 Å². The average molecular weight is 176 g/mol. The van der Waals surface area contributed by atoms with Crippen molar-refractivity contribution >= 4 is 17.8 Å². The molecule has 0 atom stereocenters. The highest BCUT2D eigenvalue weighted by Gasteiger charge is 1.98. The first kappa shape index (κ1) is 13.0. The van der Waals surface area contributed by atoms with Crippen LogP contribution in [0.2, 0.25) is 0 Å². The molecule has 5 N–H and O–H groups in total. The first-order valence-electron chi connectivity index (χ1n) is 3.12. The van der Waals surface area contributed by atoms with Crippen LogP contribution in [0.15, 0.2) is 0 Å². The van der Waals surface area contributed by atoms with Gasteiger partial charge in [0.25, 0.3) is 0 Å². The topological polar surface area (TPSA) is 123 Å². The summed E-state index contributed by atoms with van der Waals surface area (Å²) in [5.41, 5.74) is 9.11. The molecule has 0 aliphatic rings. The van der Waals surface area contributed by atoms with Crippen molar-refractivity contribution in [1.82, 2.24) is 0 Å². The normalized spacial score (nSPS) is 7.75. The largest absolute Gasteiger partial charge is 0.481 e. The molecule has 6 heteroatoms. The summed E-state index contributed by atoms with van der Waals surface area (Å²) in [5.74, 6) is -1.91. The molecule has 0 spiro atoms. The van der Waals surface area contributed by atoms with Crippen molar-refractivity contribution < 1.29 is 19.5 Å². The van der Waals surface area contributed by atoms with Crippen LogP contribution in [0, 0.1) is 0 Å². The van der Waals surface area contributed by atoms with Gasteiger partial charge in [0.1, 0.15) is 0 Å². The predicted octanol–water partition coefficient (Wildman–Crippen LogP) is -1.17. The highest BCUT2D eigenvalue weighted by molar-refractivity contribution is 5.79. The Bertz CT molecular complexity index is 160. The van der Waals surface area contributed by atoms with Gasteiger partial charge in [0, 0.05) is 13.3 Å². The van der Waals surface area contributed by atoms with Gasteiger partial charge >= 0.3 is 5.97 Å². The molecule has 0 saturated heterocycles. The van der Waals surface area contributed by atoms with E-state index in [0.717, 1.165) is 0 Å². The quantitative estimate of drug-likeness (QED) is 0.501. The molecule has 0 aromatic heterocycles. The smallest absolute Gasteiger partial charge is 0.303 e. The second kappa shape index (κ2) is 7.52. The number of carboxylic acid groups (broad SMARTS) is 1. The third kappa shape index (κ3) is 39.7. The first-order chi connectivity index (χ1) is 5.36. The number of carbonyl (C=O) groups is 3. The summed E-state index contributed by atoms with van der Waals surface area (Å²) in [7, 11) is 0. The van der Waals surface area contributed by atoms with E-state index in [2.05, 4.69) is 11.5 Å². The minimum Gasteiger partial charge on any atom is -0.481 e. The van der Waals surface area contributed by atoms with Gasteiger partial charge in [-0.25, -0.2) is 0 Å². The zero-order chi connectivity index (χ0) is 10.1. The second-order valence-corrected chi connectivity index (χ2v) is 1.97. The van der Waals surface area contributed by atoms with Crippen LogP contribution in [0.1, 0.15) is 19.8 Å². The summed E-state index contributed by atoms with van der Waals surface area (Å²) in [6.45, 7) is 1.31. The maximum Gasteiger partial charge on any atom is 0.303 e. The summed E-state index contributed by atoms with van der Waals surface area (Å²) in [6.07, 6.45) is -0.245. The Hall–Kier alpha value is -1.59. The van der Waals surface area contributed by atoms with Gasteiger partial charge in [0.05, 0.1) is 6.42 Å². The molecule has 70 valence electrons. The monoisotopic (exact) mass is 176 g/mol. The van der Waals surface area contributed by atoms with Gasteiger partial charge in [0.2, 0.25) is 11.8 Å². The third-order valence-corrected chi connectivity index (χ3v) is 0.585. The molecule has 12 heavy (non-hydrogen) atoms. The summed E-state index contributed by atoms with van der Waals surface area (Å²) < 4.78 is 0. The van der Waals surface area contributed by atoms with Gasteiger partial charge in [-0.2, -0.15) is 0 Å². The molecule has 0 aromatic carbocycles. The molecule has 0 unspecified atom stereocenters. The Morgan fingerprint density at radius 3 is 1.58 bits per heavy atom. The van der Waals surface area contributed by atoms with Crippen molar-refractivity contribution in [3.8, 4) is 0 Å². The van der Waals surface area contributed by atoms with E-state index in [0.29, 0.717) is 0 Å². The van der Waals surface area contributed by atoms with Gasteiger partial charge < -0.3 is 16.6 Å². The lowest BCUT2D eigenvalue weighted by molar-refractivity contribution is -0.138. The van der Waals surface area contributed by atoms with Crippen molar-refractivity contribution in [3.63, 3.8) is 0 Å². The molecule has 0 saturated carbocycles. The summed E-state index contributed by atoms with van der Waals surface area (Å²) in [5, 5.41) is 7.95. The number of hydrogen-bond acceptors (Lipinski definition) is 3. The molecule has 0 bridgehead atoms. The summed E-state index contributed by atoms with van der Waals surface area (Å²) >= 11 is 0. The van der Waals surface area contributed by atoms with Gasteiger partial charge in [0.15, 0.2) is 0 Å². The predicted molar refractivity (Wildman–Crippen MR) is 40.9 cm³/mol. The van der Waals surface area contributed by atoms with Crippen LogP contribution in [-0.4, -0.2) is 22.9 Å². The molecule has 6 nitrogen and oxygen atoms in total. The maximum atomic E-state index is 9.86. The van der Waals surface area contributed by atoms with E-state index < -0.39 is 11.9 Å². The highest BCUT2D eigenvalue weighted by atomic mass is 16.4. The van der Waals surface area contributed by atoms with E-state index in [4.69, 9.17) is 5.11 Å². The minimum atomic E-state index is -0.996. The number of rotatable bonds is 3. The molecule has 0 rings (SSSR count). The number of carbonyl (C=O) groups excluding carboxylic acids is 2. The highest BCUT2D eigenvalue weighted by Crippen LogP contribution is 1.84. The average Bonchev–Trinajstić information content (AvgIpc) is 1.82. The van der Waals surface area contributed by atoms with E-state index in [1.165, 1.54) is 6.92 Å². The molecule has 0 aliphatic heterocycles. The Kier molecular flexibility index (Phi) is 8.16. The molecular weight excluding hydrogens is 164 g/mol. The number of nitrogens with two attached hydrogens (primary N) is 2. The summed E-state index contributed by atoms with van der Waals surface area (Å²) in [4.78, 5) is 28.8. The van der Waals surface area contributed by atoms with Crippen molar-refractivity contribution in [2.75, 3.05) is 0 Å². The molecule has 0 heterocycles. The Morgan fingerprint density at radius 1 is 1.17 bits per heavy atom. The van der Waals surface area contributed by atoms with Gasteiger partial charge in [-0.3, -0.25) is 14.4 Å². The van der Waals surface area contributed by atoms with E-state index in [1.807, 2.05) is 0 Å². The van der Waals surface area contributed by atoms with Crippen LogP contribution < -0.4 is 11.5 Å². The number of aliphatic carboxylic acids is 1. The lowest BCUT2D eigenvalue weighted by atomic mass is 10.3. The van der Waals surface area contributed by atoms with Crippen molar-refractivity contribution in [2.45, 2.75) is 19.8 Å². The van der Waals surface area contributed by atoms with Crippen LogP contribution in [0.4, 0.5) is 0 Å². The Balaban J connectivity index is 0. The van der Waals surface area contributed by atoms with Crippen LogP contribution in [0.25, 0.3) is 0 Å². The van der Waals surface area contributed by atoms with Crippen molar-refractivity contribution in [3.05, 3.63) is 0 Å². The van der Waals surface area contributed by atoms with Crippen molar-refractivity contribution in [2.24, 2.45) is 11.5 Å². The van der Waals surface area contributed by atoms with Gasteiger partial charge in [-0.15, -0.1) is 0 Å². The Labute approximate surface area is 69.5 Å². The lowest BCUT2D eigenvalue weighted by Crippen LogP contribution is -2.12. The zero-order valence-corrected chi connectivity index (χ0v) is 6.74. The Morgan fingerprint density at radius 2 is 1.50 bits per heavy atom. The van der Waals surface area contributed by atoms with Crippen LogP contribution in [0.3, 0.4) is 0 Å². The summed E-state index contributed by atoms with van der Waals surface area (Å²) in [6, 6.07) is 0. The fourth-order valence-corrected chi connectivity index (χ4v) is 0.230. The first-order valence-corrected chi connectivity index (χ1v) is 3.12. The van der Waals surface area contributed by atoms with E-state index in [1.54, 1.807) is 0 Å². The van der Waals surface area contributed by atoms with E-state index >= 15 is 0 Å². The molecular formula is C6H12N2O4. The number of carboxylic acids is 1. The minimum absolute atomic E-state index is 0.0741. The third-order valence-electron chi connectivity index (χ3n) is 0.585. The standard InChI is InChI=1S/C4H7NO3.C2H5NO/c5-3(6)1-2-4(7)8;1-2(3)4/h1-2H2,(H2,5,6)(H,7,8);1H3,(H2,3,4). The second-order valence-electron chi connectivity index (χ2n) is 1.97. The maximum absolute atomic E-state index is 9.86. The molecule has 2 amide bonds. The fraction of sp³-hybridized carbons (Fsp3) is 0.500. The van der Waals surface area contributed by atoms with Gasteiger partial charge in [-0.05, 0) is 0 Å². The van der Waals surface area contributed by atoms with E-state index in [-0.39, 0.29) is 18.7 Å². The molecule has 0 radical (unpaired) electrons. The molecule has 0 aromatic rings. The van der Waals surface area contributed by atoms with Crippen LogP contribution in [0.5, 0.6) is 0 Å². The molecule has 0 fully saturated rings. The molecule has 0 aliphatic carbocycles. The number of hydrogen-bond donors (Lipinski definition) is 3. The van der Waals surface area contributed by atoms with Crippen molar-refractivity contribution in [1.29, 1.82) is 0 Å². The lowest BCUT2D eigenvalue weighted by Gasteiger charge is -1.86. The van der Waals surface area contributed by atoms with Gasteiger partial charge in [-0.1, -0.05) is 0 Å². The SMILES string of the molecule is CC(N)=O.NC(=O)CCC(=O)O. The number of amides is 2. The van der Waals surface area contributed by atoms with Crippen LogP contribution >= 0.6 is 0 Å². The van der Waals surface area contributed by atoms with E-state index in [9.17, 15) is 14.4 Å². The fourth-order valence-electron chi connectivity index (χ4n) is 0.230. The number of primary amides is 2.